The van der Waals surface area contributed by atoms with Crippen molar-refractivity contribution in [3.05, 3.63) is 89.4 Å². The number of aromatic hydroxyl groups is 1. The highest BCUT2D eigenvalue weighted by Gasteiger charge is 2.30. The summed E-state index contributed by atoms with van der Waals surface area (Å²) in [4.78, 5) is 13.1. The van der Waals surface area contributed by atoms with Crippen LogP contribution in [-0.2, 0) is 6.18 Å². The number of anilines is 1. The molecule has 0 saturated carbocycles. The lowest BCUT2D eigenvalue weighted by Crippen LogP contribution is -2.16. The minimum Gasteiger partial charge on any atom is -0.506 e. The van der Waals surface area contributed by atoms with Crippen molar-refractivity contribution in [2.75, 3.05) is 5.32 Å². The van der Waals surface area contributed by atoms with Crippen molar-refractivity contribution >= 4 is 16.9 Å². The zero-order valence-electron chi connectivity index (χ0n) is 15.9. The molecular weight excluding hydrogens is 393 g/mol. The molecule has 0 aliphatic rings. The molecule has 8 heteroatoms. The van der Waals surface area contributed by atoms with Gasteiger partial charge in [-0.1, -0.05) is 30.3 Å². The second-order valence-electron chi connectivity index (χ2n) is 6.80. The molecular formula is C22H17F3N4O. The third-order valence-corrected chi connectivity index (χ3v) is 4.66. The number of phenols is 1. The van der Waals surface area contributed by atoms with E-state index in [0.29, 0.717) is 22.7 Å². The third-order valence-electron chi connectivity index (χ3n) is 4.66. The van der Waals surface area contributed by atoms with Crippen LogP contribution in [0.15, 0.2) is 66.9 Å². The van der Waals surface area contributed by atoms with Crippen molar-refractivity contribution in [3.8, 4) is 5.75 Å². The summed E-state index contributed by atoms with van der Waals surface area (Å²) in [7, 11) is 0. The van der Waals surface area contributed by atoms with Crippen LogP contribution < -0.4 is 5.32 Å². The second-order valence-corrected chi connectivity index (χ2v) is 6.80. The number of aromatic nitrogens is 3. The van der Waals surface area contributed by atoms with Crippen molar-refractivity contribution in [3.63, 3.8) is 0 Å². The van der Waals surface area contributed by atoms with Gasteiger partial charge in [-0.3, -0.25) is 0 Å². The number of hydrogen-bond acceptors (Lipinski definition) is 5. The summed E-state index contributed by atoms with van der Waals surface area (Å²) >= 11 is 0. The maximum atomic E-state index is 13.0. The molecule has 0 saturated heterocycles. The summed E-state index contributed by atoms with van der Waals surface area (Å²) in [6, 6.07) is 14.6. The van der Waals surface area contributed by atoms with E-state index in [9.17, 15) is 18.3 Å². The van der Waals surface area contributed by atoms with Gasteiger partial charge in [0.05, 0.1) is 17.3 Å². The van der Waals surface area contributed by atoms with Gasteiger partial charge in [-0.15, -0.1) is 0 Å². The number of fused-ring (bicyclic) bond motifs is 1. The van der Waals surface area contributed by atoms with E-state index >= 15 is 0 Å². The minimum absolute atomic E-state index is 0.0207. The van der Waals surface area contributed by atoms with Gasteiger partial charge < -0.3 is 10.4 Å². The molecule has 0 aliphatic carbocycles. The summed E-state index contributed by atoms with van der Waals surface area (Å²) in [6.07, 6.45) is -2.83. The number of para-hydroxylation sites is 1. The first-order valence-electron chi connectivity index (χ1n) is 9.13. The van der Waals surface area contributed by atoms with Gasteiger partial charge in [-0.05, 0) is 42.8 Å². The molecule has 2 N–H and O–H groups in total. The van der Waals surface area contributed by atoms with E-state index in [1.807, 2.05) is 13.0 Å². The highest BCUT2D eigenvalue weighted by Crippen LogP contribution is 2.32. The van der Waals surface area contributed by atoms with Gasteiger partial charge in [-0.25, -0.2) is 15.0 Å². The Morgan fingerprint density at radius 3 is 2.40 bits per heavy atom. The predicted molar refractivity (Wildman–Crippen MR) is 107 cm³/mol. The lowest BCUT2D eigenvalue weighted by atomic mass is 10.0. The molecule has 5 nitrogen and oxygen atoms in total. The molecule has 2 aromatic heterocycles. The molecule has 1 atom stereocenters. The summed E-state index contributed by atoms with van der Waals surface area (Å²) in [5, 5.41) is 14.1. The molecule has 0 fully saturated rings. The van der Waals surface area contributed by atoms with Gasteiger partial charge in [0.2, 0.25) is 5.95 Å². The van der Waals surface area contributed by atoms with Crippen LogP contribution in [0.3, 0.4) is 0 Å². The van der Waals surface area contributed by atoms with Crippen LogP contribution in [0.5, 0.6) is 5.75 Å². The highest BCUT2D eigenvalue weighted by molar-refractivity contribution is 5.84. The molecule has 2 heterocycles. The van der Waals surface area contributed by atoms with Crippen LogP contribution in [0.2, 0.25) is 0 Å². The number of pyridine rings is 1. The predicted octanol–water partition coefficient (Wildman–Crippen LogP) is 5.26. The fourth-order valence-corrected chi connectivity index (χ4v) is 3.15. The van der Waals surface area contributed by atoms with Crippen molar-refractivity contribution in [2.24, 2.45) is 0 Å². The van der Waals surface area contributed by atoms with Crippen LogP contribution in [0.4, 0.5) is 19.1 Å². The van der Waals surface area contributed by atoms with Gasteiger partial charge in [0, 0.05) is 17.3 Å². The molecule has 4 rings (SSSR count). The van der Waals surface area contributed by atoms with Crippen molar-refractivity contribution in [1.29, 1.82) is 0 Å². The number of halogens is 3. The van der Waals surface area contributed by atoms with E-state index in [1.165, 1.54) is 18.2 Å². The van der Waals surface area contributed by atoms with Crippen LogP contribution in [0.25, 0.3) is 10.9 Å². The Morgan fingerprint density at radius 1 is 0.933 bits per heavy atom. The van der Waals surface area contributed by atoms with Gasteiger partial charge >= 0.3 is 6.18 Å². The summed E-state index contributed by atoms with van der Waals surface area (Å²) in [5.74, 6) is 0.339. The smallest absolute Gasteiger partial charge is 0.416 e. The summed E-state index contributed by atoms with van der Waals surface area (Å²) < 4.78 is 38.9. The number of hydrogen-bond donors (Lipinski definition) is 2. The van der Waals surface area contributed by atoms with Gasteiger partial charge in [0.1, 0.15) is 11.3 Å². The number of phenolic OH excluding ortho intramolecular Hbond substituents is 1. The number of rotatable bonds is 4. The second kappa shape index (κ2) is 7.62. The van der Waals surface area contributed by atoms with Crippen LogP contribution in [0.1, 0.15) is 28.6 Å². The first kappa shape index (κ1) is 19.6. The normalized spacial score (nSPS) is 12.7. The fraction of sp³-hybridized carbons (Fsp3) is 0.136. The minimum atomic E-state index is -4.42. The number of nitrogens with one attached hydrogen (secondary N) is 1. The Bertz CT molecular complexity index is 1190. The largest absolute Gasteiger partial charge is 0.506 e. The summed E-state index contributed by atoms with van der Waals surface area (Å²) in [5.41, 5.74) is 1.46. The quantitative estimate of drug-likeness (QED) is 0.480. The van der Waals surface area contributed by atoms with Gasteiger partial charge in [-0.2, -0.15) is 13.2 Å². The van der Waals surface area contributed by atoms with Crippen molar-refractivity contribution in [2.45, 2.75) is 19.1 Å². The Kier molecular flexibility index (Phi) is 4.99. The average Bonchev–Trinajstić information content (AvgIpc) is 2.72. The maximum absolute atomic E-state index is 13.0. The molecule has 0 aliphatic heterocycles. The van der Waals surface area contributed by atoms with E-state index in [0.717, 1.165) is 23.2 Å². The Balaban J connectivity index is 1.80. The fourth-order valence-electron chi connectivity index (χ4n) is 3.15. The molecule has 0 unspecified atom stereocenters. The molecule has 30 heavy (non-hydrogen) atoms. The Morgan fingerprint density at radius 2 is 1.70 bits per heavy atom. The Hall–Kier alpha value is -3.68. The average molecular weight is 410 g/mol. The Labute approximate surface area is 170 Å². The zero-order valence-corrected chi connectivity index (χ0v) is 15.9. The van der Waals surface area contributed by atoms with Crippen LogP contribution in [0, 0.1) is 6.92 Å². The van der Waals surface area contributed by atoms with Crippen molar-refractivity contribution in [1.82, 2.24) is 15.0 Å². The number of nitrogens with zero attached hydrogens (tertiary/aromatic N) is 3. The van der Waals surface area contributed by atoms with Crippen molar-refractivity contribution < 1.29 is 18.3 Å². The topological polar surface area (TPSA) is 70.9 Å². The van der Waals surface area contributed by atoms with E-state index in [2.05, 4.69) is 20.3 Å². The van der Waals surface area contributed by atoms with E-state index in [1.54, 1.807) is 30.5 Å². The zero-order chi connectivity index (χ0) is 21.3. The third kappa shape index (κ3) is 4.03. The van der Waals surface area contributed by atoms with E-state index in [-0.39, 0.29) is 5.75 Å². The summed E-state index contributed by atoms with van der Waals surface area (Å²) in [6.45, 7) is 1.81. The SMILES string of the molecule is Cc1ccnc(N[C@H](c2ccc(C(F)(F)F)cc2)c2ccc3cccc(O)c3n2)n1. The first-order chi connectivity index (χ1) is 14.3. The monoisotopic (exact) mass is 410 g/mol. The molecule has 152 valence electrons. The first-order valence-corrected chi connectivity index (χ1v) is 9.13. The van der Waals surface area contributed by atoms with Gasteiger partial charge in [0.25, 0.3) is 0 Å². The van der Waals surface area contributed by atoms with E-state index < -0.39 is 17.8 Å². The molecule has 0 radical (unpaired) electrons. The number of alkyl halides is 3. The molecule has 4 aromatic rings. The molecule has 0 amide bonds. The van der Waals surface area contributed by atoms with Crippen LogP contribution in [-0.4, -0.2) is 20.1 Å². The number of benzene rings is 2. The lowest BCUT2D eigenvalue weighted by molar-refractivity contribution is -0.137. The maximum Gasteiger partial charge on any atom is 0.416 e. The van der Waals surface area contributed by atoms with Gasteiger partial charge in [0.15, 0.2) is 0 Å². The molecule has 2 aromatic carbocycles. The molecule has 0 spiro atoms. The molecule has 0 bridgehead atoms. The standard InChI is InChI=1S/C22H17F3N4O/c1-13-11-12-26-21(27-13)29-19(15-5-8-16(9-6-15)22(23,24)25)17-10-7-14-3-2-4-18(30)20(14)28-17/h2-12,19,30H,1H3,(H,26,27,29)/t19-/m1/s1. The van der Waals surface area contributed by atoms with E-state index in [4.69, 9.17) is 0 Å². The number of aryl methyl sites for hydroxylation is 1. The lowest BCUT2D eigenvalue weighted by Gasteiger charge is -2.20. The highest BCUT2D eigenvalue weighted by atomic mass is 19.4. The van der Waals surface area contributed by atoms with Crippen LogP contribution >= 0.6 is 0 Å².